The van der Waals surface area contributed by atoms with Crippen LogP contribution in [0.2, 0.25) is 0 Å². The van der Waals surface area contributed by atoms with Gasteiger partial charge < -0.3 is 10.2 Å². The Bertz CT molecular complexity index is 178. The van der Waals surface area contributed by atoms with E-state index in [-0.39, 0.29) is 0 Å². The van der Waals surface area contributed by atoms with Crippen molar-refractivity contribution in [3.63, 3.8) is 0 Å². The fraction of sp³-hybridized carbons (Fsp3) is 1.00. The summed E-state index contributed by atoms with van der Waals surface area (Å²) in [5.74, 6) is 0. The topological polar surface area (TPSA) is 15.3 Å². The molecule has 0 spiro atoms. The van der Waals surface area contributed by atoms with Crippen molar-refractivity contribution in [3.05, 3.63) is 0 Å². The van der Waals surface area contributed by atoms with E-state index in [0.29, 0.717) is 0 Å². The van der Waals surface area contributed by atoms with Gasteiger partial charge >= 0.3 is 0 Å². The highest BCUT2D eigenvalue weighted by atomic mass is 15.2. The molecule has 0 aromatic heterocycles. The second kappa shape index (κ2) is 8.93. The van der Waals surface area contributed by atoms with Crippen LogP contribution in [0.4, 0.5) is 0 Å². The monoisotopic (exact) mass is 240 g/mol. The lowest BCUT2D eigenvalue weighted by molar-refractivity contribution is 0.252. The largest absolute Gasteiger partial charge is 0.314 e. The van der Waals surface area contributed by atoms with Crippen molar-refractivity contribution < 1.29 is 0 Å². The first-order valence-corrected chi connectivity index (χ1v) is 7.79. The third kappa shape index (κ3) is 6.42. The van der Waals surface area contributed by atoms with Gasteiger partial charge in [0.2, 0.25) is 0 Å². The number of hydrogen-bond donors (Lipinski definition) is 1. The van der Waals surface area contributed by atoms with Gasteiger partial charge in [-0.15, -0.1) is 0 Å². The van der Waals surface area contributed by atoms with E-state index in [2.05, 4.69) is 31.0 Å². The van der Waals surface area contributed by atoms with E-state index in [1.54, 1.807) is 0 Å². The van der Waals surface area contributed by atoms with E-state index in [0.717, 1.165) is 12.1 Å². The maximum absolute atomic E-state index is 3.65. The van der Waals surface area contributed by atoms with Gasteiger partial charge in [0.1, 0.15) is 0 Å². The summed E-state index contributed by atoms with van der Waals surface area (Å²) in [6.45, 7) is 10.7. The molecular weight excluding hydrogens is 208 g/mol. The molecule has 1 aliphatic carbocycles. The smallest absolute Gasteiger partial charge is 0.00964 e. The summed E-state index contributed by atoms with van der Waals surface area (Å²) in [4.78, 5) is 2.71. The molecule has 0 aromatic rings. The molecule has 1 unspecified atom stereocenters. The summed E-state index contributed by atoms with van der Waals surface area (Å²) >= 11 is 0. The molecule has 0 bridgehead atoms. The van der Waals surface area contributed by atoms with Crippen LogP contribution in [0, 0.1) is 0 Å². The molecule has 1 N–H and O–H groups in total. The second-order valence-electron chi connectivity index (χ2n) is 5.47. The van der Waals surface area contributed by atoms with Crippen LogP contribution in [0.3, 0.4) is 0 Å². The molecule has 0 aromatic carbocycles. The third-order valence-electron chi connectivity index (χ3n) is 3.75. The Hall–Kier alpha value is -0.0800. The Balaban J connectivity index is 2.10. The molecule has 0 aliphatic heterocycles. The Labute approximate surface area is 108 Å². The zero-order valence-corrected chi connectivity index (χ0v) is 12.2. The van der Waals surface area contributed by atoms with E-state index >= 15 is 0 Å². The molecule has 1 aliphatic rings. The lowest BCUT2D eigenvalue weighted by Crippen LogP contribution is -2.32. The molecule has 0 saturated heterocycles. The molecule has 1 atom stereocenters. The van der Waals surface area contributed by atoms with Gasteiger partial charge in [0.05, 0.1) is 0 Å². The minimum atomic E-state index is 0.748. The number of rotatable bonds is 11. The Kier molecular flexibility index (Phi) is 7.87. The van der Waals surface area contributed by atoms with Gasteiger partial charge in [0.25, 0.3) is 0 Å². The molecule has 0 heterocycles. The first kappa shape index (κ1) is 15.0. The number of nitrogens with one attached hydrogen (secondary N) is 1. The molecule has 17 heavy (non-hydrogen) atoms. The van der Waals surface area contributed by atoms with Gasteiger partial charge in [-0.05, 0) is 64.6 Å². The highest BCUT2D eigenvalue weighted by molar-refractivity contribution is 4.84. The molecule has 1 rings (SSSR count). The summed E-state index contributed by atoms with van der Waals surface area (Å²) in [7, 11) is 0. The zero-order valence-electron chi connectivity index (χ0n) is 12.2. The summed E-state index contributed by atoms with van der Waals surface area (Å²) in [5.41, 5.74) is 0. The average molecular weight is 240 g/mol. The normalized spacial score (nSPS) is 17.6. The maximum Gasteiger partial charge on any atom is 0.00964 e. The van der Waals surface area contributed by atoms with Gasteiger partial charge in [-0.2, -0.15) is 0 Å². The lowest BCUT2D eigenvalue weighted by Gasteiger charge is -2.23. The second-order valence-corrected chi connectivity index (χ2v) is 5.47. The standard InChI is InChI=1S/C15H32N2/c1-4-11-16-14(6-3)8-7-13-17(12-5-2)15-9-10-15/h14-16H,4-13H2,1-3H3. The number of nitrogens with zero attached hydrogens (tertiary/aromatic N) is 1. The predicted octanol–water partition coefficient (Wildman–Crippen LogP) is 3.42. The molecule has 102 valence electrons. The summed E-state index contributed by atoms with van der Waals surface area (Å²) in [6.07, 6.45) is 9.45. The fourth-order valence-corrected chi connectivity index (χ4v) is 2.54. The molecule has 1 fully saturated rings. The summed E-state index contributed by atoms with van der Waals surface area (Å²) < 4.78 is 0. The van der Waals surface area contributed by atoms with E-state index in [9.17, 15) is 0 Å². The van der Waals surface area contributed by atoms with Crippen LogP contribution in [0.25, 0.3) is 0 Å². The van der Waals surface area contributed by atoms with Crippen molar-refractivity contribution in [3.8, 4) is 0 Å². The Morgan fingerprint density at radius 3 is 2.41 bits per heavy atom. The van der Waals surface area contributed by atoms with E-state index in [4.69, 9.17) is 0 Å². The van der Waals surface area contributed by atoms with Crippen LogP contribution in [-0.2, 0) is 0 Å². The minimum Gasteiger partial charge on any atom is -0.314 e. The van der Waals surface area contributed by atoms with E-state index in [1.165, 1.54) is 64.6 Å². The van der Waals surface area contributed by atoms with E-state index in [1.807, 2.05) is 0 Å². The SMILES string of the molecule is CCCNC(CC)CCCN(CCC)C1CC1. The first-order chi connectivity index (χ1) is 8.31. The van der Waals surface area contributed by atoms with Crippen LogP contribution >= 0.6 is 0 Å². The summed E-state index contributed by atoms with van der Waals surface area (Å²) in [6, 6.07) is 1.69. The van der Waals surface area contributed by atoms with Gasteiger partial charge in [-0.1, -0.05) is 20.8 Å². The predicted molar refractivity (Wildman–Crippen MR) is 76.5 cm³/mol. The van der Waals surface area contributed by atoms with Gasteiger partial charge in [0.15, 0.2) is 0 Å². The van der Waals surface area contributed by atoms with Gasteiger partial charge in [0, 0.05) is 12.1 Å². The van der Waals surface area contributed by atoms with Crippen molar-refractivity contribution >= 4 is 0 Å². The maximum atomic E-state index is 3.65. The summed E-state index contributed by atoms with van der Waals surface area (Å²) in [5, 5.41) is 3.65. The van der Waals surface area contributed by atoms with Crippen molar-refractivity contribution in [2.75, 3.05) is 19.6 Å². The lowest BCUT2D eigenvalue weighted by atomic mass is 10.1. The van der Waals surface area contributed by atoms with Crippen LogP contribution in [0.15, 0.2) is 0 Å². The minimum absolute atomic E-state index is 0.748. The van der Waals surface area contributed by atoms with Crippen LogP contribution in [0.1, 0.15) is 65.7 Å². The van der Waals surface area contributed by atoms with Crippen molar-refractivity contribution in [1.82, 2.24) is 10.2 Å². The highest BCUT2D eigenvalue weighted by Gasteiger charge is 2.27. The van der Waals surface area contributed by atoms with Crippen molar-refractivity contribution in [2.45, 2.75) is 77.8 Å². The number of hydrogen-bond acceptors (Lipinski definition) is 2. The highest BCUT2D eigenvalue weighted by Crippen LogP contribution is 2.27. The van der Waals surface area contributed by atoms with Crippen LogP contribution in [0.5, 0.6) is 0 Å². The third-order valence-corrected chi connectivity index (χ3v) is 3.75. The quantitative estimate of drug-likeness (QED) is 0.595. The molecule has 2 heteroatoms. The van der Waals surface area contributed by atoms with Crippen LogP contribution in [-0.4, -0.2) is 36.6 Å². The zero-order chi connectivity index (χ0) is 12.5. The van der Waals surface area contributed by atoms with Gasteiger partial charge in [-0.3, -0.25) is 0 Å². The Morgan fingerprint density at radius 2 is 1.88 bits per heavy atom. The molecule has 0 amide bonds. The van der Waals surface area contributed by atoms with Crippen LogP contribution < -0.4 is 5.32 Å². The average Bonchev–Trinajstić information content (AvgIpc) is 3.16. The van der Waals surface area contributed by atoms with E-state index < -0.39 is 0 Å². The molecule has 2 nitrogen and oxygen atoms in total. The Morgan fingerprint density at radius 1 is 1.12 bits per heavy atom. The first-order valence-electron chi connectivity index (χ1n) is 7.79. The van der Waals surface area contributed by atoms with Gasteiger partial charge in [-0.25, -0.2) is 0 Å². The van der Waals surface area contributed by atoms with Crippen molar-refractivity contribution in [1.29, 1.82) is 0 Å². The molecule has 0 radical (unpaired) electrons. The molecular formula is C15H32N2. The molecule has 1 saturated carbocycles. The van der Waals surface area contributed by atoms with Crippen molar-refractivity contribution in [2.24, 2.45) is 0 Å². The fourth-order valence-electron chi connectivity index (χ4n) is 2.54.